The Morgan fingerprint density at radius 2 is 1.71 bits per heavy atom. The smallest absolute Gasteiger partial charge is 0.186 e. The highest BCUT2D eigenvalue weighted by Crippen LogP contribution is 2.21. The Labute approximate surface area is 124 Å². The van der Waals surface area contributed by atoms with Gasteiger partial charge in [0.1, 0.15) is 5.69 Å². The summed E-state index contributed by atoms with van der Waals surface area (Å²) in [6.45, 7) is 4.49. The fraction of sp³-hybridized carbons (Fsp3) is 0.222. The minimum absolute atomic E-state index is 0.0477. The van der Waals surface area contributed by atoms with Gasteiger partial charge in [0.15, 0.2) is 5.78 Å². The fourth-order valence-electron chi connectivity index (χ4n) is 2.46. The van der Waals surface area contributed by atoms with E-state index in [1.54, 1.807) is 0 Å². The SMILES string of the molecule is CC(C)C(=O)c1nn(Cc2ccccc2)c2ccccc12. The number of benzene rings is 2. The third-order valence-corrected chi connectivity index (χ3v) is 3.59. The molecule has 21 heavy (non-hydrogen) atoms. The van der Waals surface area contributed by atoms with E-state index in [-0.39, 0.29) is 11.7 Å². The molecule has 1 heterocycles. The zero-order valence-electron chi connectivity index (χ0n) is 12.3. The number of carbonyl (C=O) groups is 1. The van der Waals surface area contributed by atoms with Crippen molar-refractivity contribution in [1.29, 1.82) is 0 Å². The van der Waals surface area contributed by atoms with Crippen LogP contribution in [0.4, 0.5) is 0 Å². The normalized spacial score (nSPS) is 11.2. The summed E-state index contributed by atoms with van der Waals surface area (Å²) in [5.74, 6) is 0.0477. The highest BCUT2D eigenvalue weighted by atomic mass is 16.1. The minimum Gasteiger partial charge on any atom is -0.292 e. The average Bonchev–Trinajstić information content (AvgIpc) is 2.86. The molecule has 0 radical (unpaired) electrons. The first-order valence-corrected chi connectivity index (χ1v) is 7.20. The number of nitrogens with zero attached hydrogens (tertiary/aromatic N) is 2. The van der Waals surface area contributed by atoms with Crippen molar-refractivity contribution in [2.75, 3.05) is 0 Å². The molecular weight excluding hydrogens is 260 g/mol. The summed E-state index contributed by atoms with van der Waals surface area (Å²) in [6, 6.07) is 18.1. The Bertz CT molecular complexity index is 772. The van der Waals surface area contributed by atoms with Gasteiger partial charge >= 0.3 is 0 Å². The number of rotatable bonds is 4. The van der Waals surface area contributed by atoms with E-state index in [9.17, 15) is 4.79 Å². The lowest BCUT2D eigenvalue weighted by atomic mass is 10.0. The molecular formula is C18H18N2O. The molecule has 3 nitrogen and oxygen atoms in total. The standard InChI is InChI=1S/C18H18N2O/c1-13(2)18(21)17-15-10-6-7-11-16(15)20(19-17)12-14-8-4-3-5-9-14/h3-11,13H,12H2,1-2H3. The van der Waals surface area contributed by atoms with Crippen LogP contribution in [-0.4, -0.2) is 15.6 Å². The molecule has 106 valence electrons. The van der Waals surface area contributed by atoms with Crippen LogP contribution in [0.3, 0.4) is 0 Å². The van der Waals surface area contributed by atoms with Crippen molar-refractivity contribution < 1.29 is 4.79 Å². The molecule has 0 spiro atoms. The molecule has 0 saturated carbocycles. The van der Waals surface area contributed by atoms with E-state index in [0.717, 1.165) is 10.9 Å². The molecule has 0 aliphatic rings. The third-order valence-electron chi connectivity index (χ3n) is 3.59. The molecule has 0 aliphatic carbocycles. The summed E-state index contributed by atoms with van der Waals surface area (Å²) in [6.07, 6.45) is 0. The highest BCUT2D eigenvalue weighted by Gasteiger charge is 2.19. The number of hydrogen-bond acceptors (Lipinski definition) is 2. The van der Waals surface area contributed by atoms with E-state index in [2.05, 4.69) is 17.2 Å². The number of ketones is 1. The Hall–Kier alpha value is -2.42. The predicted octanol–water partition coefficient (Wildman–Crippen LogP) is 3.92. The first kappa shape index (κ1) is 13.6. The van der Waals surface area contributed by atoms with Gasteiger partial charge < -0.3 is 0 Å². The number of carbonyl (C=O) groups excluding carboxylic acids is 1. The zero-order valence-corrected chi connectivity index (χ0v) is 12.3. The molecule has 0 saturated heterocycles. The van der Waals surface area contributed by atoms with Gasteiger partial charge in [0.25, 0.3) is 0 Å². The number of fused-ring (bicyclic) bond motifs is 1. The van der Waals surface area contributed by atoms with Crippen molar-refractivity contribution >= 4 is 16.7 Å². The molecule has 1 aromatic heterocycles. The van der Waals surface area contributed by atoms with Gasteiger partial charge in [0.05, 0.1) is 12.1 Å². The Morgan fingerprint density at radius 3 is 2.43 bits per heavy atom. The Morgan fingerprint density at radius 1 is 1.05 bits per heavy atom. The van der Waals surface area contributed by atoms with Crippen LogP contribution in [0.25, 0.3) is 10.9 Å². The maximum absolute atomic E-state index is 12.3. The highest BCUT2D eigenvalue weighted by molar-refractivity contribution is 6.06. The number of hydrogen-bond donors (Lipinski definition) is 0. The Balaban J connectivity index is 2.09. The number of Topliss-reactive ketones (excluding diaryl/α,β-unsaturated/α-hetero) is 1. The minimum atomic E-state index is -0.0477. The van der Waals surface area contributed by atoms with E-state index in [4.69, 9.17) is 0 Å². The first-order chi connectivity index (χ1) is 10.2. The van der Waals surface area contributed by atoms with Crippen molar-refractivity contribution in [3.63, 3.8) is 0 Å². The lowest BCUT2D eigenvalue weighted by Gasteiger charge is -2.03. The van der Waals surface area contributed by atoms with Crippen molar-refractivity contribution in [3.05, 3.63) is 65.9 Å². The summed E-state index contributed by atoms with van der Waals surface area (Å²) in [5, 5.41) is 5.51. The first-order valence-electron chi connectivity index (χ1n) is 7.20. The fourth-order valence-corrected chi connectivity index (χ4v) is 2.46. The van der Waals surface area contributed by atoms with Crippen LogP contribution in [0.1, 0.15) is 29.9 Å². The number of para-hydroxylation sites is 1. The van der Waals surface area contributed by atoms with Crippen LogP contribution in [0, 0.1) is 5.92 Å². The molecule has 0 aliphatic heterocycles. The summed E-state index contributed by atoms with van der Waals surface area (Å²) in [5.41, 5.74) is 2.76. The van der Waals surface area contributed by atoms with E-state index in [1.165, 1.54) is 5.56 Å². The summed E-state index contributed by atoms with van der Waals surface area (Å²) < 4.78 is 1.92. The van der Waals surface area contributed by atoms with E-state index < -0.39 is 0 Å². The van der Waals surface area contributed by atoms with Crippen LogP contribution >= 0.6 is 0 Å². The van der Waals surface area contributed by atoms with Crippen molar-refractivity contribution in [2.45, 2.75) is 20.4 Å². The number of aromatic nitrogens is 2. The lowest BCUT2D eigenvalue weighted by molar-refractivity contribution is 0.0935. The van der Waals surface area contributed by atoms with Crippen LogP contribution in [0.2, 0.25) is 0 Å². The van der Waals surface area contributed by atoms with Gasteiger partial charge in [-0.1, -0.05) is 62.4 Å². The molecule has 0 fully saturated rings. The third kappa shape index (κ3) is 2.59. The largest absolute Gasteiger partial charge is 0.292 e. The molecule has 3 rings (SSSR count). The van der Waals surface area contributed by atoms with Gasteiger partial charge in [-0.15, -0.1) is 0 Å². The second-order valence-electron chi connectivity index (χ2n) is 5.53. The van der Waals surface area contributed by atoms with Crippen molar-refractivity contribution in [1.82, 2.24) is 9.78 Å². The summed E-state index contributed by atoms with van der Waals surface area (Å²) in [7, 11) is 0. The molecule has 0 amide bonds. The van der Waals surface area contributed by atoms with E-state index >= 15 is 0 Å². The molecule has 0 N–H and O–H groups in total. The Kier molecular flexibility index (Phi) is 3.57. The zero-order chi connectivity index (χ0) is 14.8. The quantitative estimate of drug-likeness (QED) is 0.678. The summed E-state index contributed by atoms with van der Waals surface area (Å²) in [4.78, 5) is 12.3. The van der Waals surface area contributed by atoms with Crippen LogP contribution in [-0.2, 0) is 6.54 Å². The topological polar surface area (TPSA) is 34.9 Å². The van der Waals surface area contributed by atoms with Gasteiger partial charge in [-0.3, -0.25) is 9.48 Å². The van der Waals surface area contributed by atoms with Gasteiger partial charge in [0, 0.05) is 11.3 Å². The van der Waals surface area contributed by atoms with Gasteiger partial charge in [-0.2, -0.15) is 5.10 Å². The van der Waals surface area contributed by atoms with Crippen molar-refractivity contribution in [2.24, 2.45) is 5.92 Å². The maximum Gasteiger partial charge on any atom is 0.186 e. The molecule has 3 heteroatoms. The molecule has 0 bridgehead atoms. The lowest BCUT2D eigenvalue weighted by Crippen LogP contribution is -2.10. The average molecular weight is 278 g/mol. The molecule has 3 aromatic rings. The van der Waals surface area contributed by atoms with E-state index in [0.29, 0.717) is 12.2 Å². The van der Waals surface area contributed by atoms with Crippen LogP contribution in [0.15, 0.2) is 54.6 Å². The molecule has 0 unspecified atom stereocenters. The van der Waals surface area contributed by atoms with E-state index in [1.807, 2.05) is 61.0 Å². The predicted molar refractivity (Wildman–Crippen MR) is 84.4 cm³/mol. The monoisotopic (exact) mass is 278 g/mol. The second-order valence-corrected chi connectivity index (χ2v) is 5.53. The molecule has 2 aromatic carbocycles. The molecule has 0 atom stereocenters. The summed E-state index contributed by atoms with van der Waals surface area (Å²) >= 11 is 0. The second kappa shape index (κ2) is 5.52. The van der Waals surface area contributed by atoms with Gasteiger partial charge in [0.2, 0.25) is 0 Å². The van der Waals surface area contributed by atoms with Crippen molar-refractivity contribution in [3.8, 4) is 0 Å². The van der Waals surface area contributed by atoms with Gasteiger partial charge in [-0.05, 0) is 11.6 Å². The van der Waals surface area contributed by atoms with Crippen LogP contribution in [0.5, 0.6) is 0 Å². The van der Waals surface area contributed by atoms with Gasteiger partial charge in [-0.25, -0.2) is 0 Å². The van der Waals surface area contributed by atoms with Crippen LogP contribution < -0.4 is 0 Å². The maximum atomic E-state index is 12.3.